The standard InChI is InChI=1S/C50H59ClN10O8/c1-52-45(63)31-69-43-28-33-27-35(6-8-41(33)57(2)49(43)66)54-46-40(51)29-53-50(56-46)60-21-15-38(16-22-60)68-25-23-58-17-11-36(12-18-58)59-19-13-37(14-20-59)67-24-3-4-32-5-7-39-34(26-32)30-61(48(39)65)42-9-10-44(62)55-47(42)64/h5-8,26-29,36-38,42H,9-25,30-31H2,1-2H3,(H,52,63)(H,53,54,56)(H,55,62,64). The number of amides is 4. The molecule has 5 aliphatic rings. The van der Waals surface area contributed by atoms with E-state index in [9.17, 15) is 24.0 Å². The molecule has 3 N–H and O–H groups in total. The monoisotopic (exact) mass is 962 g/mol. The lowest BCUT2D eigenvalue weighted by Gasteiger charge is -2.41. The van der Waals surface area contributed by atoms with Crippen LogP contribution in [0.5, 0.6) is 5.75 Å². The van der Waals surface area contributed by atoms with Crippen LogP contribution in [0.1, 0.15) is 72.9 Å². The molecule has 19 heteroatoms. The molecular weight excluding hydrogens is 904 g/mol. The number of benzene rings is 2. The van der Waals surface area contributed by atoms with Crippen molar-refractivity contribution in [2.75, 3.05) is 82.9 Å². The molecule has 18 nitrogen and oxygen atoms in total. The first kappa shape index (κ1) is 47.9. The Hall–Kier alpha value is -6.10. The quantitative estimate of drug-likeness (QED) is 0.123. The van der Waals surface area contributed by atoms with E-state index >= 15 is 0 Å². The second-order valence-electron chi connectivity index (χ2n) is 18.3. The molecule has 0 bridgehead atoms. The summed E-state index contributed by atoms with van der Waals surface area (Å²) in [4.78, 5) is 79.7. The molecule has 4 aromatic rings. The normalized spacial score (nSPS) is 19.9. The fourth-order valence-corrected chi connectivity index (χ4v) is 10.2. The van der Waals surface area contributed by atoms with Gasteiger partial charge in [-0.25, -0.2) is 4.98 Å². The van der Waals surface area contributed by atoms with Crippen LogP contribution < -0.4 is 31.1 Å². The van der Waals surface area contributed by atoms with Gasteiger partial charge >= 0.3 is 0 Å². The first-order valence-corrected chi connectivity index (χ1v) is 24.3. The van der Waals surface area contributed by atoms with Crippen molar-refractivity contribution in [2.24, 2.45) is 7.05 Å². The summed E-state index contributed by atoms with van der Waals surface area (Å²) in [6.07, 6.45) is 8.60. The highest BCUT2D eigenvalue weighted by atomic mass is 35.5. The van der Waals surface area contributed by atoms with Crippen LogP contribution in [0.15, 0.2) is 53.5 Å². The molecule has 69 heavy (non-hydrogen) atoms. The van der Waals surface area contributed by atoms with E-state index in [-0.39, 0.29) is 54.3 Å². The molecule has 0 saturated carbocycles. The maximum Gasteiger partial charge on any atom is 0.293 e. The number of likely N-dealkylation sites (N-methyl/N-ethyl adjacent to an activating group) is 1. The van der Waals surface area contributed by atoms with Crippen molar-refractivity contribution < 1.29 is 33.4 Å². The number of ether oxygens (including phenoxy) is 3. The molecule has 0 spiro atoms. The number of rotatable bonds is 14. The second-order valence-corrected chi connectivity index (χ2v) is 18.8. The van der Waals surface area contributed by atoms with Gasteiger partial charge in [-0.2, -0.15) is 4.98 Å². The number of nitrogens with one attached hydrogen (secondary N) is 3. The highest BCUT2D eigenvalue weighted by molar-refractivity contribution is 6.33. The summed E-state index contributed by atoms with van der Waals surface area (Å²) >= 11 is 6.56. The average molecular weight is 964 g/mol. The van der Waals surface area contributed by atoms with Crippen LogP contribution in [0.4, 0.5) is 17.5 Å². The number of halogens is 1. The highest BCUT2D eigenvalue weighted by Gasteiger charge is 2.39. The molecule has 1 unspecified atom stereocenters. The number of nitrogens with zero attached hydrogens (tertiary/aromatic N) is 7. The summed E-state index contributed by atoms with van der Waals surface area (Å²) in [5, 5.41) is 9.27. The Balaban J connectivity index is 0.656. The van der Waals surface area contributed by atoms with Crippen LogP contribution in [0.2, 0.25) is 5.02 Å². The number of fused-ring (bicyclic) bond motifs is 2. The van der Waals surface area contributed by atoms with Crippen molar-refractivity contribution in [2.45, 2.75) is 82.2 Å². The fourth-order valence-electron chi connectivity index (χ4n) is 10.0. The van der Waals surface area contributed by atoms with E-state index in [1.807, 2.05) is 30.3 Å². The van der Waals surface area contributed by atoms with Crippen molar-refractivity contribution in [3.63, 3.8) is 0 Å². The number of piperidine rings is 4. The summed E-state index contributed by atoms with van der Waals surface area (Å²) in [6.45, 7) is 7.80. The topological polar surface area (TPSA) is 193 Å². The van der Waals surface area contributed by atoms with E-state index in [0.29, 0.717) is 65.8 Å². The maximum absolute atomic E-state index is 13.0. The van der Waals surface area contributed by atoms with Gasteiger partial charge in [-0.3, -0.25) is 29.3 Å². The Bertz CT molecular complexity index is 2700. The van der Waals surface area contributed by atoms with E-state index in [4.69, 9.17) is 30.8 Å². The number of hydrogen-bond donors (Lipinski definition) is 3. The number of hydrogen-bond acceptors (Lipinski definition) is 14. The second kappa shape index (κ2) is 21.7. The van der Waals surface area contributed by atoms with Gasteiger partial charge < -0.3 is 49.0 Å². The Kier molecular flexibility index (Phi) is 15.1. The van der Waals surface area contributed by atoms with Gasteiger partial charge in [-0.1, -0.05) is 23.4 Å². The van der Waals surface area contributed by atoms with Gasteiger partial charge in [0.05, 0.1) is 30.5 Å². The van der Waals surface area contributed by atoms with Crippen molar-refractivity contribution in [1.82, 2.24) is 39.9 Å². The number of aryl methyl sites for hydroxylation is 1. The molecule has 9 rings (SSSR count). The van der Waals surface area contributed by atoms with Crippen LogP contribution in [0.25, 0.3) is 10.9 Å². The van der Waals surface area contributed by atoms with Gasteiger partial charge in [0.25, 0.3) is 17.4 Å². The minimum atomic E-state index is -0.630. The molecule has 0 radical (unpaired) electrons. The van der Waals surface area contributed by atoms with E-state index in [0.717, 1.165) is 101 Å². The lowest BCUT2D eigenvalue weighted by atomic mass is 9.99. The molecule has 7 heterocycles. The van der Waals surface area contributed by atoms with E-state index in [1.165, 1.54) is 11.6 Å². The van der Waals surface area contributed by atoms with Crippen molar-refractivity contribution in [1.29, 1.82) is 0 Å². The predicted molar refractivity (Wildman–Crippen MR) is 260 cm³/mol. The molecule has 4 saturated heterocycles. The number of anilines is 3. The zero-order valence-electron chi connectivity index (χ0n) is 39.1. The summed E-state index contributed by atoms with van der Waals surface area (Å²) < 4.78 is 19.6. The van der Waals surface area contributed by atoms with Gasteiger partial charge in [0, 0.05) is 88.0 Å². The van der Waals surface area contributed by atoms with Crippen LogP contribution in [0.3, 0.4) is 0 Å². The lowest BCUT2D eigenvalue weighted by molar-refractivity contribution is -0.137. The first-order chi connectivity index (χ1) is 33.5. The summed E-state index contributed by atoms with van der Waals surface area (Å²) in [7, 11) is 3.17. The minimum Gasteiger partial charge on any atom is -0.478 e. The Morgan fingerprint density at radius 1 is 0.913 bits per heavy atom. The largest absolute Gasteiger partial charge is 0.478 e. The predicted octanol–water partition coefficient (Wildman–Crippen LogP) is 3.59. The number of imide groups is 1. The summed E-state index contributed by atoms with van der Waals surface area (Å²) in [5.74, 6) is 6.26. The van der Waals surface area contributed by atoms with Gasteiger partial charge in [0.15, 0.2) is 18.2 Å². The molecule has 2 aromatic carbocycles. The number of carbonyl (C=O) groups excluding carboxylic acids is 4. The van der Waals surface area contributed by atoms with Gasteiger partial charge in [0.2, 0.25) is 17.8 Å². The zero-order valence-corrected chi connectivity index (χ0v) is 39.9. The molecule has 364 valence electrons. The SMILES string of the molecule is CNC(=O)COc1cc2cc(Nc3nc(N4CCC(OCCN5CCC(N6CCC(OCC#Cc7ccc8c(c7)CN(C7CCC(=O)NC7=O)C8=O)CC6)CC5)CC4)ncc3Cl)ccc2n(C)c1=O. The molecule has 4 amide bonds. The Morgan fingerprint density at radius 3 is 2.45 bits per heavy atom. The van der Waals surface area contributed by atoms with Gasteiger partial charge in [0.1, 0.15) is 17.7 Å². The van der Waals surface area contributed by atoms with E-state index in [2.05, 4.69) is 47.5 Å². The Morgan fingerprint density at radius 2 is 1.68 bits per heavy atom. The number of likely N-dealkylation sites (tertiary alicyclic amines) is 2. The average Bonchev–Trinajstić information content (AvgIpc) is 3.69. The van der Waals surface area contributed by atoms with Crippen molar-refractivity contribution in [3.8, 4) is 17.6 Å². The van der Waals surface area contributed by atoms with Crippen molar-refractivity contribution in [3.05, 3.63) is 80.7 Å². The summed E-state index contributed by atoms with van der Waals surface area (Å²) in [6, 6.07) is 12.7. The molecular formula is C50H59ClN10O8. The van der Waals surface area contributed by atoms with Crippen LogP contribution in [-0.2, 0) is 37.4 Å². The maximum atomic E-state index is 13.0. The minimum absolute atomic E-state index is 0.0820. The van der Waals surface area contributed by atoms with Crippen LogP contribution in [0, 0.1) is 11.8 Å². The van der Waals surface area contributed by atoms with Gasteiger partial charge in [-0.15, -0.1) is 0 Å². The number of pyridine rings is 1. The fraction of sp³-hybridized carbons (Fsp3) is 0.500. The molecule has 4 fully saturated rings. The third-order valence-corrected chi connectivity index (χ3v) is 14.3. The highest BCUT2D eigenvalue weighted by Crippen LogP contribution is 2.31. The zero-order chi connectivity index (χ0) is 48.0. The van der Waals surface area contributed by atoms with Crippen molar-refractivity contribution >= 4 is 63.6 Å². The molecule has 2 aromatic heterocycles. The number of aromatic nitrogens is 3. The third kappa shape index (κ3) is 11.3. The number of carbonyl (C=O) groups is 4. The Labute approximate surface area is 406 Å². The lowest BCUT2D eigenvalue weighted by Crippen LogP contribution is -2.52. The van der Waals surface area contributed by atoms with E-state index < -0.39 is 11.9 Å². The molecule has 1 atom stereocenters. The van der Waals surface area contributed by atoms with E-state index in [1.54, 1.807) is 30.3 Å². The smallest absolute Gasteiger partial charge is 0.293 e. The molecule has 5 aliphatic heterocycles. The first-order valence-electron chi connectivity index (χ1n) is 24.0. The molecule has 0 aliphatic carbocycles. The third-order valence-electron chi connectivity index (χ3n) is 14.0. The summed E-state index contributed by atoms with van der Waals surface area (Å²) in [5.41, 5.74) is 3.32. The van der Waals surface area contributed by atoms with Crippen LogP contribution >= 0.6 is 11.6 Å². The van der Waals surface area contributed by atoms with Gasteiger partial charge in [-0.05, 0) is 106 Å². The van der Waals surface area contributed by atoms with Crippen LogP contribution in [-0.4, -0.2) is 150 Å².